The molecule has 0 saturated carbocycles. The van der Waals surface area contributed by atoms with Crippen LogP contribution in [0.1, 0.15) is 5.69 Å². The lowest BCUT2D eigenvalue weighted by atomic mass is 10.2. The number of hydrogen-bond donors (Lipinski definition) is 1. The molecule has 2 aromatic heterocycles. The summed E-state index contributed by atoms with van der Waals surface area (Å²) in [5, 5.41) is 7.84. The number of benzene rings is 2. The molecule has 2 aromatic carbocycles. The van der Waals surface area contributed by atoms with E-state index in [0.717, 1.165) is 5.56 Å². The van der Waals surface area contributed by atoms with Gasteiger partial charge in [-0.2, -0.15) is 9.61 Å². The van der Waals surface area contributed by atoms with E-state index in [1.54, 1.807) is 30.2 Å². The molecule has 1 aliphatic rings. The fraction of sp³-hybridized carbons (Fsp3) is 0.250. The van der Waals surface area contributed by atoms with Crippen LogP contribution in [0.15, 0.2) is 59.4 Å². The van der Waals surface area contributed by atoms with Gasteiger partial charge in [0.25, 0.3) is 5.56 Å². The van der Waals surface area contributed by atoms with Crippen molar-refractivity contribution in [2.24, 2.45) is 0 Å². The number of fused-ring (bicyclic) bond motifs is 1. The highest BCUT2D eigenvalue weighted by Crippen LogP contribution is 2.24. The number of hydrogen-bond acceptors (Lipinski definition) is 7. The van der Waals surface area contributed by atoms with Crippen molar-refractivity contribution < 1.29 is 13.9 Å². The summed E-state index contributed by atoms with van der Waals surface area (Å²) in [5.41, 5.74) is 1.80. The molecule has 5 rings (SSSR count). The third-order valence-corrected chi connectivity index (χ3v) is 6.71. The second-order valence-corrected chi connectivity index (χ2v) is 9.08. The zero-order valence-electron chi connectivity index (χ0n) is 19.0. The van der Waals surface area contributed by atoms with Crippen molar-refractivity contribution in [1.29, 1.82) is 0 Å². The van der Waals surface area contributed by atoms with Crippen LogP contribution in [0.3, 0.4) is 0 Å². The average molecular weight is 495 g/mol. The number of nitrogens with one attached hydrogen (secondary N) is 1. The van der Waals surface area contributed by atoms with E-state index in [0.29, 0.717) is 59.8 Å². The SMILES string of the molecule is COc1cccc(NC(=O)N2CCN(Cc3cc(=O)n4nc(-c5ccc(F)cc5)sc4n3)CC2)c1. The molecule has 0 atom stereocenters. The van der Waals surface area contributed by atoms with E-state index in [1.807, 2.05) is 18.2 Å². The first-order chi connectivity index (χ1) is 17.0. The predicted molar refractivity (Wildman–Crippen MR) is 131 cm³/mol. The molecule has 0 spiro atoms. The Bertz CT molecular complexity index is 1410. The second-order valence-electron chi connectivity index (χ2n) is 8.12. The summed E-state index contributed by atoms with van der Waals surface area (Å²) >= 11 is 1.28. The molecule has 35 heavy (non-hydrogen) atoms. The quantitative estimate of drug-likeness (QED) is 0.458. The van der Waals surface area contributed by atoms with Crippen LogP contribution < -0.4 is 15.6 Å². The van der Waals surface area contributed by atoms with E-state index in [-0.39, 0.29) is 17.4 Å². The minimum atomic E-state index is -0.328. The highest BCUT2D eigenvalue weighted by atomic mass is 32.1. The second kappa shape index (κ2) is 9.80. The predicted octanol–water partition coefficient (Wildman–Crippen LogP) is 3.32. The van der Waals surface area contributed by atoms with Crippen molar-refractivity contribution in [3.8, 4) is 16.3 Å². The number of anilines is 1. The maximum absolute atomic E-state index is 13.2. The molecule has 0 aliphatic carbocycles. The van der Waals surface area contributed by atoms with E-state index >= 15 is 0 Å². The number of amides is 2. The summed E-state index contributed by atoms with van der Waals surface area (Å²) in [6.45, 7) is 2.95. The maximum Gasteiger partial charge on any atom is 0.321 e. The van der Waals surface area contributed by atoms with Gasteiger partial charge < -0.3 is 15.0 Å². The van der Waals surface area contributed by atoms with Crippen LogP contribution in [0.25, 0.3) is 15.5 Å². The van der Waals surface area contributed by atoms with Gasteiger partial charge in [-0.15, -0.1) is 0 Å². The van der Waals surface area contributed by atoms with Crippen molar-refractivity contribution in [3.63, 3.8) is 0 Å². The van der Waals surface area contributed by atoms with Gasteiger partial charge in [0.15, 0.2) is 0 Å². The summed E-state index contributed by atoms with van der Waals surface area (Å²) < 4.78 is 19.7. The third kappa shape index (κ3) is 5.15. The largest absolute Gasteiger partial charge is 0.497 e. The summed E-state index contributed by atoms with van der Waals surface area (Å²) in [4.78, 5) is 34.3. The van der Waals surface area contributed by atoms with E-state index in [4.69, 9.17) is 4.74 Å². The van der Waals surface area contributed by atoms with Gasteiger partial charge in [0, 0.05) is 56.1 Å². The Hall–Kier alpha value is -3.83. The van der Waals surface area contributed by atoms with Crippen LogP contribution >= 0.6 is 11.3 Å². The van der Waals surface area contributed by atoms with Crippen LogP contribution in [0.4, 0.5) is 14.9 Å². The molecule has 9 nitrogen and oxygen atoms in total. The van der Waals surface area contributed by atoms with Crippen LogP contribution in [0, 0.1) is 5.82 Å². The molecule has 1 fully saturated rings. The fourth-order valence-electron chi connectivity index (χ4n) is 3.89. The van der Waals surface area contributed by atoms with E-state index in [1.165, 1.54) is 34.1 Å². The molecular weight excluding hydrogens is 471 g/mol. The number of halogens is 1. The van der Waals surface area contributed by atoms with Gasteiger partial charge in [0.1, 0.15) is 16.6 Å². The minimum Gasteiger partial charge on any atom is -0.497 e. The van der Waals surface area contributed by atoms with Crippen molar-refractivity contribution in [3.05, 3.63) is 76.5 Å². The summed E-state index contributed by atoms with van der Waals surface area (Å²) in [7, 11) is 1.58. The fourth-order valence-corrected chi connectivity index (χ4v) is 4.82. The molecule has 0 radical (unpaired) electrons. The molecule has 1 N–H and O–H groups in total. The molecule has 11 heteroatoms. The number of rotatable bonds is 5. The van der Waals surface area contributed by atoms with Gasteiger partial charge in [-0.25, -0.2) is 14.2 Å². The van der Waals surface area contributed by atoms with Crippen LogP contribution in [-0.4, -0.2) is 63.7 Å². The number of piperazine rings is 1. The Balaban J connectivity index is 1.22. The highest BCUT2D eigenvalue weighted by molar-refractivity contribution is 7.19. The Morgan fingerprint density at radius 3 is 2.63 bits per heavy atom. The number of urea groups is 1. The van der Waals surface area contributed by atoms with Crippen LogP contribution in [0.5, 0.6) is 5.75 Å². The maximum atomic E-state index is 13.2. The summed E-state index contributed by atoms with van der Waals surface area (Å²) in [5.74, 6) is 0.351. The van der Waals surface area contributed by atoms with Crippen molar-refractivity contribution >= 4 is 28.0 Å². The van der Waals surface area contributed by atoms with Gasteiger partial charge in [-0.05, 0) is 36.4 Å². The number of carbonyl (C=O) groups excluding carboxylic acids is 1. The Morgan fingerprint density at radius 1 is 1.11 bits per heavy atom. The number of carbonyl (C=O) groups is 1. The topological polar surface area (TPSA) is 92.1 Å². The Kier molecular flexibility index (Phi) is 6.43. The van der Waals surface area contributed by atoms with Crippen LogP contribution in [-0.2, 0) is 6.54 Å². The van der Waals surface area contributed by atoms with E-state index in [9.17, 15) is 14.0 Å². The number of methoxy groups -OCH3 is 1. The molecule has 180 valence electrons. The molecule has 1 aliphatic heterocycles. The molecule has 2 amide bonds. The third-order valence-electron chi connectivity index (χ3n) is 5.76. The van der Waals surface area contributed by atoms with Gasteiger partial charge in [0.2, 0.25) is 4.96 Å². The summed E-state index contributed by atoms with van der Waals surface area (Å²) in [6.07, 6.45) is 0. The normalized spacial score (nSPS) is 14.3. The van der Waals surface area contributed by atoms with E-state index < -0.39 is 0 Å². The minimum absolute atomic E-state index is 0.159. The van der Waals surface area contributed by atoms with Gasteiger partial charge in [-0.1, -0.05) is 17.4 Å². The van der Waals surface area contributed by atoms with E-state index in [2.05, 4.69) is 20.3 Å². The standard InChI is InChI=1S/C24H23FN6O3S/c1-34-20-4-2-3-18(13-20)26-23(33)30-11-9-29(10-12-30)15-19-14-21(32)31-24(27-19)35-22(28-31)16-5-7-17(25)8-6-16/h2-8,13-14H,9-12,15H2,1H3,(H,26,33). The average Bonchev–Trinajstić information content (AvgIpc) is 3.30. The monoisotopic (exact) mass is 494 g/mol. The lowest BCUT2D eigenvalue weighted by Gasteiger charge is -2.34. The first-order valence-corrected chi connectivity index (χ1v) is 11.9. The zero-order chi connectivity index (χ0) is 24.4. The lowest BCUT2D eigenvalue weighted by molar-refractivity contribution is 0.142. The van der Waals surface area contributed by atoms with Crippen molar-refractivity contribution in [2.45, 2.75) is 6.54 Å². The van der Waals surface area contributed by atoms with Crippen LogP contribution in [0.2, 0.25) is 0 Å². The first-order valence-electron chi connectivity index (χ1n) is 11.1. The number of aromatic nitrogens is 3. The lowest BCUT2D eigenvalue weighted by Crippen LogP contribution is -2.49. The molecule has 0 bridgehead atoms. The summed E-state index contributed by atoms with van der Waals surface area (Å²) in [6, 6.07) is 14.5. The number of nitrogens with zero attached hydrogens (tertiary/aromatic N) is 5. The van der Waals surface area contributed by atoms with Crippen molar-refractivity contribution in [2.75, 3.05) is 38.6 Å². The highest BCUT2D eigenvalue weighted by Gasteiger charge is 2.22. The Labute approximate surface area is 204 Å². The number of ether oxygens (including phenoxy) is 1. The van der Waals surface area contributed by atoms with Crippen molar-refractivity contribution in [1.82, 2.24) is 24.4 Å². The van der Waals surface area contributed by atoms with Gasteiger partial charge >= 0.3 is 6.03 Å². The molecule has 4 aromatic rings. The molecular formula is C24H23FN6O3S. The molecule has 1 saturated heterocycles. The zero-order valence-corrected chi connectivity index (χ0v) is 19.8. The van der Waals surface area contributed by atoms with Gasteiger partial charge in [0.05, 0.1) is 12.8 Å². The first kappa shape index (κ1) is 22.9. The smallest absolute Gasteiger partial charge is 0.321 e. The van der Waals surface area contributed by atoms with Gasteiger partial charge in [-0.3, -0.25) is 9.69 Å². The Morgan fingerprint density at radius 2 is 1.89 bits per heavy atom. The molecule has 3 heterocycles. The molecule has 0 unspecified atom stereocenters.